The molecule has 0 spiro atoms. The molecule has 1 N–H and O–H groups in total. The number of benzene rings is 1. The van der Waals surface area contributed by atoms with E-state index in [2.05, 4.69) is 40.8 Å². The van der Waals surface area contributed by atoms with Crippen molar-refractivity contribution >= 4 is 15.9 Å². The van der Waals surface area contributed by atoms with Crippen molar-refractivity contribution < 1.29 is 4.74 Å². The monoisotopic (exact) mass is 297 g/mol. The van der Waals surface area contributed by atoms with E-state index in [1.54, 1.807) is 7.11 Å². The van der Waals surface area contributed by atoms with Gasteiger partial charge in [-0.15, -0.1) is 0 Å². The summed E-state index contributed by atoms with van der Waals surface area (Å²) in [6.07, 6.45) is 1.95. The van der Waals surface area contributed by atoms with Crippen molar-refractivity contribution in [2.45, 2.75) is 25.8 Å². The number of hydrogen-bond donors (Lipinski definition) is 1. The zero-order chi connectivity index (χ0) is 12.8. The summed E-state index contributed by atoms with van der Waals surface area (Å²) in [7, 11) is 3.67. The lowest BCUT2D eigenvalue weighted by atomic mass is 9.98. The molecule has 1 rings (SSSR count). The average molecular weight is 298 g/mol. The molecule has 1 atom stereocenters. The van der Waals surface area contributed by atoms with Gasteiger partial charge in [0.15, 0.2) is 0 Å². The lowest BCUT2D eigenvalue weighted by Crippen LogP contribution is -2.17. The fraction of sp³-hybridized carbons (Fsp3) is 0.429. The van der Waals surface area contributed by atoms with Gasteiger partial charge in [0.05, 0.1) is 7.11 Å². The Morgan fingerprint density at radius 2 is 2.24 bits per heavy atom. The van der Waals surface area contributed by atoms with Crippen molar-refractivity contribution in [1.82, 2.24) is 5.32 Å². The summed E-state index contributed by atoms with van der Waals surface area (Å²) in [5.74, 6) is 0.905. The van der Waals surface area contributed by atoms with E-state index in [9.17, 15) is 0 Å². The second-order valence-corrected chi connectivity index (χ2v) is 4.95. The molecule has 1 unspecified atom stereocenters. The fourth-order valence-electron chi connectivity index (χ4n) is 1.77. The molecule has 1 aromatic rings. The van der Waals surface area contributed by atoms with E-state index in [0.717, 1.165) is 23.1 Å². The Morgan fingerprint density at radius 1 is 1.53 bits per heavy atom. The third-order valence-electron chi connectivity index (χ3n) is 2.91. The van der Waals surface area contributed by atoms with E-state index >= 15 is 0 Å². The van der Waals surface area contributed by atoms with Crippen LogP contribution < -0.4 is 10.1 Å². The topological polar surface area (TPSA) is 21.3 Å². The molecule has 0 radical (unpaired) electrons. The maximum absolute atomic E-state index is 5.42. The maximum atomic E-state index is 5.42. The van der Waals surface area contributed by atoms with Gasteiger partial charge in [-0.3, -0.25) is 0 Å². The molecule has 0 amide bonds. The molecule has 94 valence electrons. The SMILES string of the molecule is C=C(CC)CC(NC)c1ccc(Br)cc1OC. The first-order valence-electron chi connectivity index (χ1n) is 5.79. The molecule has 0 saturated carbocycles. The molecule has 0 saturated heterocycles. The molecule has 0 aliphatic rings. The molecule has 0 fully saturated rings. The third kappa shape index (κ3) is 3.86. The summed E-state index contributed by atoms with van der Waals surface area (Å²) < 4.78 is 6.45. The highest BCUT2D eigenvalue weighted by Gasteiger charge is 2.15. The quantitative estimate of drug-likeness (QED) is 0.799. The summed E-state index contributed by atoms with van der Waals surface area (Å²) in [6.45, 7) is 6.20. The van der Waals surface area contributed by atoms with Gasteiger partial charge in [0.2, 0.25) is 0 Å². The Kier molecular flexibility index (Phi) is 5.72. The van der Waals surface area contributed by atoms with Gasteiger partial charge in [0.1, 0.15) is 5.75 Å². The van der Waals surface area contributed by atoms with E-state index in [1.165, 1.54) is 11.1 Å². The Morgan fingerprint density at radius 3 is 2.76 bits per heavy atom. The first-order valence-corrected chi connectivity index (χ1v) is 6.59. The lowest BCUT2D eigenvalue weighted by molar-refractivity contribution is 0.400. The van der Waals surface area contributed by atoms with Crippen LogP contribution in [0.5, 0.6) is 5.75 Å². The number of rotatable bonds is 6. The molecular formula is C14H20BrNO. The van der Waals surface area contributed by atoms with E-state index < -0.39 is 0 Å². The fourth-order valence-corrected chi connectivity index (χ4v) is 2.11. The van der Waals surface area contributed by atoms with Gasteiger partial charge < -0.3 is 10.1 Å². The Labute approximate surface area is 112 Å². The molecular weight excluding hydrogens is 278 g/mol. The van der Waals surface area contributed by atoms with Gasteiger partial charge in [-0.05, 0) is 32.0 Å². The van der Waals surface area contributed by atoms with Crippen LogP contribution >= 0.6 is 15.9 Å². The van der Waals surface area contributed by atoms with E-state index in [4.69, 9.17) is 4.74 Å². The maximum Gasteiger partial charge on any atom is 0.124 e. The molecule has 1 aromatic carbocycles. The minimum atomic E-state index is 0.255. The van der Waals surface area contributed by atoms with Crippen LogP contribution in [0.25, 0.3) is 0 Å². The zero-order valence-electron chi connectivity index (χ0n) is 10.7. The number of nitrogens with one attached hydrogen (secondary N) is 1. The Bertz CT molecular complexity index is 390. The minimum Gasteiger partial charge on any atom is -0.496 e. The normalized spacial score (nSPS) is 12.2. The number of methoxy groups -OCH3 is 1. The first-order chi connectivity index (χ1) is 8.12. The summed E-state index contributed by atoms with van der Waals surface area (Å²) in [5, 5.41) is 3.32. The predicted octanol–water partition coefficient (Wildman–Crippen LogP) is 4.07. The van der Waals surface area contributed by atoms with Crippen LogP contribution in [0.2, 0.25) is 0 Å². The second-order valence-electron chi connectivity index (χ2n) is 4.04. The van der Waals surface area contributed by atoms with Crippen LogP contribution in [0.15, 0.2) is 34.8 Å². The van der Waals surface area contributed by atoms with Gasteiger partial charge in [0.25, 0.3) is 0 Å². The summed E-state index contributed by atoms with van der Waals surface area (Å²) in [6, 6.07) is 6.38. The van der Waals surface area contributed by atoms with Gasteiger partial charge >= 0.3 is 0 Å². The van der Waals surface area contributed by atoms with E-state index in [0.29, 0.717) is 0 Å². The van der Waals surface area contributed by atoms with E-state index in [1.807, 2.05) is 19.2 Å². The molecule has 0 heterocycles. The molecule has 0 aliphatic carbocycles. The van der Waals surface area contributed by atoms with Crippen LogP contribution in [0.1, 0.15) is 31.4 Å². The Balaban J connectivity index is 2.98. The van der Waals surface area contributed by atoms with Crippen molar-refractivity contribution in [3.63, 3.8) is 0 Å². The van der Waals surface area contributed by atoms with Crippen molar-refractivity contribution in [1.29, 1.82) is 0 Å². The van der Waals surface area contributed by atoms with Crippen LogP contribution in [-0.4, -0.2) is 14.2 Å². The number of halogens is 1. The second kappa shape index (κ2) is 6.82. The molecule has 3 heteroatoms. The number of ether oxygens (including phenoxy) is 1. The highest BCUT2D eigenvalue weighted by Crippen LogP contribution is 2.31. The van der Waals surface area contributed by atoms with Gasteiger partial charge in [-0.25, -0.2) is 0 Å². The van der Waals surface area contributed by atoms with Crippen molar-refractivity contribution in [3.05, 3.63) is 40.4 Å². The van der Waals surface area contributed by atoms with Crippen molar-refractivity contribution in [2.24, 2.45) is 0 Å². The third-order valence-corrected chi connectivity index (χ3v) is 3.41. The molecule has 2 nitrogen and oxygen atoms in total. The summed E-state index contributed by atoms with van der Waals surface area (Å²) >= 11 is 3.45. The Hall–Kier alpha value is -0.800. The van der Waals surface area contributed by atoms with Crippen LogP contribution in [0.3, 0.4) is 0 Å². The molecule has 17 heavy (non-hydrogen) atoms. The van der Waals surface area contributed by atoms with Crippen LogP contribution in [0, 0.1) is 0 Å². The summed E-state index contributed by atoms with van der Waals surface area (Å²) in [5.41, 5.74) is 2.42. The van der Waals surface area contributed by atoms with Crippen molar-refractivity contribution in [2.75, 3.05) is 14.2 Å². The average Bonchev–Trinajstić information content (AvgIpc) is 2.35. The minimum absolute atomic E-state index is 0.255. The van der Waals surface area contributed by atoms with Gasteiger partial charge in [-0.2, -0.15) is 0 Å². The van der Waals surface area contributed by atoms with Gasteiger partial charge in [0, 0.05) is 16.1 Å². The van der Waals surface area contributed by atoms with E-state index in [-0.39, 0.29) is 6.04 Å². The van der Waals surface area contributed by atoms with Crippen LogP contribution in [-0.2, 0) is 0 Å². The zero-order valence-corrected chi connectivity index (χ0v) is 12.3. The predicted molar refractivity (Wildman–Crippen MR) is 76.5 cm³/mol. The lowest BCUT2D eigenvalue weighted by Gasteiger charge is -2.20. The first kappa shape index (κ1) is 14.3. The molecule has 0 aliphatic heterocycles. The standard InChI is InChI=1S/C14H20BrNO/c1-5-10(2)8-13(16-3)12-7-6-11(15)9-14(12)17-4/h6-7,9,13,16H,2,5,8H2,1,3-4H3. The number of hydrogen-bond acceptors (Lipinski definition) is 2. The largest absolute Gasteiger partial charge is 0.496 e. The highest BCUT2D eigenvalue weighted by molar-refractivity contribution is 9.10. The molecule has 0 aromatic heterocycles. The summed E-state index contributed by atoms with van der Waals surface area (Å²) in [4.78, 5) is 0. The van der Waals surface area contributed by atoms with Gasteiger partial charge in [-0.1, -0.05) is 41.1 Å². The van der Waals surface area contributed by atoms with Crippen molar-refractivity contribution in [3.8, 4) is 5.75 Å². The highest BCUT2D eigenvalue weighted by atomic mass is 79.9. The van der Waals surface area contributed by atoms with Crippen LogP contribution in [0.4, 0.5) is 0 Å². The smallest absolute Gasteiger partial charge is 0.124 e. The molecule has 0 bridgehead atoms.